The molecule has 3 nitrogen and oxygen atoms in total. The minimum absolute atomic E-state index is 0.132. The number of hydrogen-bond acceptors (Lipinski definition) is 3. The summed E-state index contributed by atoms with van der Waals surface area (Å²) in [7, 11) is 0. The van der Waals surface area contributed by atoms with E-state index in [0.29, 0.717) is 0 Å². The lowest BCUT2D eigenvalue weighted by Crippen LogP contribution is -2.32. The number of ether oxygens (including phenoxy) is 1. The highest BCUT2D eigenvalue weighted by molar-refractivity contribution is 5.75. The molecule has 9 heavy (non-hydrogen) atoms. The normalized spacial score (nSPS) is 43.0. The van der Waals surface area contributed by atoms with Crippen LogP contribution >= 0.6 is 0 Å². The predicted molar refractivity (Wildman–Crippen MR) is 30.7 cm³/mol. The van der Waals surface area contributed by atoms with Crippen molar-refractivity contribution in [2.75, 3.05) is 6.61 Å². The van der Waals surface area contributed by atoms with Crippen molar-refractivity contribution in [3.8, 4) is 0 Å². The van der Waals surface area contributed by atoms with Crippen LogP contribution in [0.3, 0.4) is 0 Å². The summed E-state index contributed by atoms with van der Waals surface area (Å²) in [6, 6.07) is 0. The standard InChI is InChI=1S/C6H10O3/c1-4-5(7)9-3-6(4,2)8/h4,8H,3H2,1-2H3/t4-,6-/m0/s1. The molecule has 0 aromatic carbocycles. The molecular weight excluding hydrogens is 120 g/mol. The number of rotatable bonds is 0. The summed E-state index contributed by atoms with van der Waals surface area (Å²) >= 11 is 0. The van der Waals surface area contributed by atoms with Crippen LogP contribution in [-0.2, 0) is 9.53 Å². The molecule has 0 amide bonds. The second-order valence-corrected chi connectivity index (χ2v) is 2.69. The Morgan fingerprint density at radius 3 is 2.56 bits per heavy atom. The second-order valence-electron chi connectivity index (χ2n) is 2.69. The molecule has 1 aliphatic heterocycles. The monoisotopic (exact) mass is 130 g/mol. The lowest BCUT2D eigenvalue weighted by Gasteiger charge is -2.15. The van der Waals surface area contributed by atoms with Gasteiger partial charge in [0, 0.05) is 0 Å². The molecule has 0 aromatic heterocycles. The molecule has 1 saturated heterocycles. The SMILES string of the molecule is C[C@H]1C(=O)OC[C@]1(C)O. The minimum atomic E-state index is -0.947. The Bertz CT molecular complexity index is 139. The van der Waals surface area contributed by atoms with Gasteiger partial charge in [0.15, 0.2) is 0 Å². The van der Waals surface area contributed by atoms with Crippen LogP contribution in [0.25, 0.3) is 0 Å². The summed E-state index contributed by atoms with van der Waals surface area (Å²) < 4.78 is 4.59. The predicted octanol–water partition coefficient (Wildman–Crippen LogP) is -0.0697. The molecule has 2 atom stereocenters. The summed E-state index contributed by atoms with van der Waals surface area (Å²) in [5.74, 6) is -0.683. The molecule has 0 bridgehead atoms. The molecule has 0 spiro atoms. The first-order chi connectivity index (χ1) is 4.04. The van der Waals surface area contributed by atoms with E-state index in [9.17, 15) is 9.90 Å². The molecule has 0 unspecified atom stereocenters. The van der Waals surface area contributed by atoms with Crippen molar-refractivity contribution < 1.29 is 14.6 Å². The zero-order chi connectivity index (χ0) is 7.07. The molecule has 1 heterocycles. The highest BCUT2D eigenvalue weighted by atomic mass is 16.6. The van der Waals surface area contributed by atoms with Crippen LogP contribution in [0, 0.1) is 5.92 Å². The minimum Gasteiger partial charge on any atom is -0.462 e. The molecule has 0 radical (unpaired) electrons. The first kappa shape index (κ1) is 6.55. The molecule has 1 fully saturated rings. The van der Waals surface area contributed by atoms with E-state index < -0.39 is 5.60 Å². The van der Waals surface area contributed by atoms with Crippen molar-refractivity contribution in [1.82, 2.24) is 0 Å². The fraction of sp³-hybridized carbons (Fsp3) is 0.833. The number of carbonyl (C=O) groups excluding carboxylic acids is 1. The van der Waals surface area contributed by atoms with Gasteiger partial charge >= 0.3 is 5.97 Å². The topological polar surface area (TPSA) is 46.5 Å². The molecular formula is C6H10O3. The summed E-state index contributed by atoms with van der Waals surface area (Å²) in [5, 5.41) is 9.29. The van der Waals surface area contributed by atoms with Gasteiger partial charge in [-0.25, -0.2) is 0 Å². The van der Waals surface area contributed by atoms with Crippen LogP contribution in [0.1, 0.15) is 13.8 Å². The van der Waals surface area contributed by atoms with Gasteiger partial charge in [-0.3, -0.25) is 4.79 Å². The molecule has 3 heteroatoms. The average Bonchev–Trinajstić information content (AvgIpc) is 1.97. The fourth-order valence-corrected chi connectivity index (χ4v) is 0.721. The van der Waals surface area contributed by atoms with Crippen molar-refractivity contribution in [2.24, 2.45) is 5.92 Å². The Morgan fingerprint density at radius 1 is 1.89 bits per heavy atom. The summed E-state index contributed by atoms with van der Waals surface area (Å²) in [6.45, 7) is 3.39. The van der Waals surface area contributed by atoms with Crippen molar-refractivity contribution in [2.45, 2.75) is 19.4 Å². The number of esters is 1. The number of cyclic esters (lactones) is 1. The van der Waals surface area contributed by atoms with Crippen molar-refractivity contribution in [3.63, 3.8) is 0 Å². The van der Waals surface area contributed by atoms with Gasteiger partial charge < -0.3 is 9.84 Å². The smallest absolute Gasteiger partial charge is 0.311 e. The molecule has 0 aliphatic carbocycles. The highest BCUT2D eigenvalue weighted by Gasteiger charge is 2.42. The molecule has 0 aromatic rings. The Hall–Kier alpha value is -0.570. The number of aliphatic hydroxyl groups is 1. The molecule has 1 N–H and O–H groups in total. The van der Waals surface area contributed by atoms with Crippen LogP contribution in [0.2, 0.25) is 0 Å². The van der Waals surface area contributed by atoms with Crippen molar-refractivity contribution in [3.05, 3.63) is 0 Å². The molecule has 1 rings (SSSR count). The molecule has 0 saturated carbocycles. The highest BCUT2D eigenvalue weighted by Crippen LogP contribution is 2.24. The Labute approximate surface area is 53.6 Å². The number of hydrogen-bond donors (Lipinski definition) is 1. The van der Waals surface area contributed by atoms with Crippen LogP contribution in [0.4, 0.5) is 0 Å². The van der Waals surface area contributed by atoms with Gasteiger partial charge in [-0.1, -0.05) is 0 Å². The third-order valence-electron chi connectivity index (χ3n) is 1.79. The van der Waals surface area contributed by atoms with Gasteiger partial charge in [-0.2, -0.15) is 0 Å². The Balaban J connectivity index is 2.73. The fourth-order valence-electron chi connectivity index (χ4n) is 0.721. The number of carbonyl (C=O) groups is 1. The zero-order valence-electron chi connectivity index (χ0n) is 5.55. The van der Waals surface area contributed by atoms with Gasteiger partial charge in [0.25, 0.3) is 0 Å². The average molecular weight is 130 g/mol. The summed E-state index contributed by atoms with van der Waals surface area (Å²) in [6.07, 6.45) is 0. The first-order valence-corrected chi connectivity index (χ1v) is 2.93. The maximum absolute atomic E-state index is 10.6. The van der Waals surface area contributed by atoms with E-state index in [0.717, 1.165) is 0 Å². The Morgan fingerprint density at radius 2 is 2.44 bits per heavy atom. The third kappa shape index (κ3) is 0.920. The van der Waals surface area contributed by atoms with E-state index >= 15 is 0 Å². The van der Waals surface area contributed by atoms with Gasteiger partial charge in [-0.05, 0) is 13.8 Å². The van der Waals surface area contributed by atoms with Crippen molar-refractivity contribution in [1.29, 1.82) is 0 Å². The lowest BCUT2D eigenvalue weighted by molar-refractivity contribution is -0.140. The van der Waals surface area contributed by atoms with E-state index in [1.165, 1.54) is 0 Å². The van der Waals surface area contributed by atoms with Gasteiger partial charge in [-0.15, -0.1) is 0 Å². The molecule has 52 valence electrons. The van der Waals surface area contributed by atoms with E-state index in [2.05, 4.69) is 4.74 Å². The molecule has 1 aliphatic rings. The van der Waals surface area contributed by atoms with Gasteiger partial charge in [0.1, 0.15) is 12.2 Å². The van der Waals surface area contributed by atoms with Gasteiger partial charge in [0.05, 0.1) is 5.92 Å². The third-order valence-corrected chi connectivity index (χ3v) is 1.79. The lowest BCUT2D eigenvalue weighted by atomic mass is 9.95. The van der Waals surface area contributed by atoms with Crippen LogP contribution < -0.4 is 0 Å². The van der Waals surface area contributed by atoms with Crippen LogP contribution in [0.5, 0.6) is 0 Å². The zero-order valence-corrected chi connectivity index (χ0v) is 5.55. The van der Waals surface area contributed by atoms with Gasteiger partial charge in [0.2, 0.25) is 0 Å². The maximum Gasteiger partial charge on any atom is 0.311 e. The second kappa shape index (κ2) is 1.70. The Kier molecular flexibility index (Phi) is 1.24. The summed E-state index contributed by atoms with van der Waals surface area (Å²) in [4.78, 5) is 10.6. The largest absolute Gasteiger partial charge is 0.462 e. The maximum atomic E-state index is 10.6. The van der Waals surface area contributed by atoms with E-state index in [4.69, 9.17) is 0 Å². The van der Waals surface area contributed by atoms with Crippen LogP contribution in [-0.4, -0.2) is 23.3 Å². The van der Waals surface area contributed by atoms with Crippen molar-refractivity contribution >= 4 is 5.97 Å². The van der Waals surface area contributed by atoms with E-state index in [-0.39, 0.29) is 18.5 Å². The van der Waals surface area contributed by atoms with E-state index in [1.807, 2.05) is 0 Å². The summed E-state index contributed by atoms with van der Waals surface area (Å²) in [5.41, 5.74) is -0.947. The van der Waals surface area contributed by atoms with E-state index in [1.54, 1.807) is 13.8 Å². The van der Waals surface area contributed by atoms with Crippen LogP contribution in [0.15, 0.2) is 0 Å². The quantitative estimate of drug-likeness (QED) is 0.467. The first-order valence-electron chi connectivity index (χ1n) is 2.93.